The Morgan fingerprint density at radius 1 is 1.09 bits per heavy atom. The number of imide groups is 1. The van der Waals surface area contributed by atoms with E-state index in [2.05, 4.69) is 27.4 Å². The number of ether oxygens (including phenoxy) is 1. The van der Waals surface area contributed by atoms with Gasteiger partial charge in [0.2, 0.25) is 0 Å². The molecular weight excluding hydrogens is 448 g/mol. The quantitative estimate of drug-likeness (QED) is 0.338. The summed E-state index contributed by atoms with van der Waals surface area (Å²) >= 11 is 0. The number of amides is 3. The van der Waals surface area contributed by atoms with Crippen molar-refractivity contribution in [3.8, 4) is 0 Å². The van der Waals surface area contributed by atoms with Crippen LogP contribution in [0.3, 0.4) is 0 Å². The van der Waals surface area contributed by atoms with E-state index in [1.54, 1.807) is 29.2 Å². The molecule has 2 aliphatic rings. The maximum atomic E-state index is 13.4. The lowest BCUT2D eigenvalue weighted by atomic mass is 9.78. The molecule has 7 nitrogen and oxygen atoms in total. The van der Waals surface area contributed by atoms with E-state index in [0.29, 0.717) is 29.7 Å². The van der Waals surface area contributed by atoms with Gasteiger partial charge < -0.3 is 9.16 Å². The predicted octanol–water partition coefficient (Wildman–Crippen LogP) is 4.84. The fraction of sp³-hybridized carbons (Fsp3) is 0.577. The van der Waals surface area contributed by atoms with Crippen molar-refractivity contribution in [2.75, 3.05) is 13.1 Å². The summed E-state index contributed by atoms with van der Waals surface area (Å²) in [6.07, 6.45) is 0.0561. The van der Waals surface area contributed by atoms with Crippen LogP contribution in [0.4, 0.5) is 4.79 Å². The van der Waals surface area contributed by atoms with Gasteiger partial charge in [0.25, 0.3) is 11.8 Å². The van der Waals surface area contributed by atoms with Crippen LogP contribution < -0.4 is 0 Å². The monoisotopic (exact) mass is 486 g/mol. The Labute approximate surface area is 204 Å². The molecule has 1 saturated heterocycles. The summed E-state index contributed by atoms with van der Waals surface area (Å²) < 4.78 is 12.4. The number of nitrogens with zero attached hydrogens (tertiary/aromatic N) is 2. The molecule has 0 aliphatic carbocycles. The van der Waals surface area contributed by atoms with E-state index in [0.717, 1.165) is 0 Å². The fourth-order valence-corrected chi connectivity index (χ4v) is 5.78. The molecule has 0 saturated carbocycles. The summed E-state index contributed by atoms with van der Waals surface area (Å²) in [7, 11) is -1.70. The summed E-state index contributed by atoms with van der Waals surface area (Å²) in [5.41, 5.74) is -0.633. The Bertz CT molecular complexity index is 972. The highest BCUT2D eigenvalue weighted by Crippen LogP contribution is 2.47. The van der Waals surface area contributed by atoms with Gasteiger partial charge in [-0.15, -0.1) is 0 Å². The number of hydrogen-bond acceptors (Lipinski definition) is 5. The molecule has 2 aliphatic heterocycles. The molecule has 3 amide bonds. The number of hydrogen-bond donors (Lipinski definition) is 0. The lowest BCUT2D eigenvalue weighted by Gasteiger charge is -2.42. The molecule has 1 fully saturated rings. The largest absolute Gasteiger partial charge is 0.444 e. The highest BCUT2D eigenvalue weighted by molar-refractivity contribution is 6.48. The second kappa shape index (κ2) is 8.96. The van der Waals surface area contributed by atoms with Crippen molar-refractivity contribution in [3.63, 3.8) is 0 Å². The minimum atomic E-state index is -1.70. The first kappa shape index (κ1) is 26.2. The minimum Gasteiger partial charge on any atom is -0.444 e. The summed E-state index contributed by atoms with van der Waals surface area (Å²) in [6, 6.07) is 6.80. The van der Waals surface area contributed by atoms with Crippen LogP contribution >= 0.6 is 0 Å². The smallest absolute Gasteiger partial charge is 0.412 e. The van der Waals surface area contributed by atoms with Crippen molar-refractivity contribution in [2.24, 2.45) is 11.3 Å². The number of fused-ring (bicyclic) bond motifs is 1. The first-order chi connectivity index (χ1) is 15.6. The second-order valence-electron chi connectivity index (χ2n) is 11.7. The number of likely N-dealkylation sites (tertiary alicyclic amines) is 1. The zero-order valence-corrected chi connectivity index (χ0v) is 22.9. The SMILES string of the molecule is C=C(CN1C(=O)c2ccccc2C1=O)[C@@]1(O[SiH](C)C)C[C@H](C(C)(C)C)CN1C(=O)OC(C)(C)C. The van der Waals surface area contributed by atoms with Gasteiger partial charge in [0.15, 0.2) is 14.8 Å². The molecule has 1 aromatic carbocycles. The Hall–Kier alpha value is -2.45. The predicted molar refractivity (Wildman–Crippen MR) is 134 cm³/mol. The molecule has 8 heteroatoms. The van der Waals surface area contributed by atoms with E-state index in [4.69, 9.17) is 9.16 Å². The molecule has 186 valence electrons. The van der Waals surface area contributed by atoms with Gasteiger partial charge in [-0.05, 0) is 62.9 Å². The summed E-state index contributed by atoms with van der Waals surface area (Å²) in [5, 5.41) is 0. The van der Waals surface area contributed by atoms with E-state index < -0.39 is 26.5 Å². The zero-order chi connectivity index (χ0) is 25.6. The topological polar surface area (TPSA) is 76.2 Å². The van der Waals surface area contributed by atoms with Crippen molar-refractivity contribution in [2.45, 2.75) is 72.4 Å². The van der Waals surface area contributed by atoms with Gasteiger partial charge >= 0.3 is 6.09 Å². The van der Waals surface area contributed by atoms with Gasteiger partial charge in [-0.1, -0.05) is 39.5 Å². The normalized spacial score (nSPS) is 23.0. The van der Waals surface area contributed by atoms with Crippen molar-refractivity contribution < 1.29 is 23.5 Å². The molecule has 0 aromatic heterocycles. The molecule has 0 N–H and O–H groups in total. The molecule has 34 heavy (non-hydrogen) atoms. The van der Waals surface area contributed by atoms with Crippen LogP contribution in [0.2, 0.25) is 13.1 Å². The van der Waals surface area contributed by atoms with Crippen molar-refractivity contribution in [3.05, 3.63) is 47.5 Å². The van der Waals surface area contributed by atoms with Crippen molar-refractivity contribution in [1.29, 1.82) is 0 Å². The van der Waals surface area contributed by atoms with E-state index in [-0.39, 0.29) is 29.7 Å². The average Bonchev–Trinajstić information content (AvgIpc) is 3.19. The third-order valence-corrected chi connectivity index (χ3v) is 7.27. The maximum absolute atomic E-state index is 13.4. The summed E-state index contributed by atoms with van der Waals surface area (Å²) in [5.74, 6) is -0.590. The highest BCUT2D eigenvalue weighted by atomic mass is 28.3. The van der Waals surface area contributed by atoms with Gasteiger partial charge in [0.05, 0.1) is 17.7 Å². The molecular formula is C26H38N2O5Si. The molecule has 2 heterocycles. The highest BCUT2D eigenvalue weighted by Gasteiger charge is 2.55. The Morgan fingerprint density at radius 2 is 1.62 bits per heavy atom. The van der Waals surface area contributed by atoms with Crippen molar-refractivity contribution >= 4 is 26.9 Å². The molecule has 2 atom stereocenters. The Kier molecular flexibility index (Phi) is 6.90. The standard InChI is InChI=1S/C26H38N2O5Si/c1-17(15-27-21(29)19-12-10-11-13-20(19)22(27)30)26(33-34(8)9)14-18(24(2,3)4)16-28(26)23(31)32-25(5,6)7/h10-13,18,34H,1,14-16H2,2-9H3/t18-,26-/m0/s1. The average molecular weight is 487 g/mol. The van der Waals surface area contributed by atoms with Crippen LogP contribution in [0.15, 0.2) is 36.4 Å². The Morgan fingerprint density at radius 3 is 2.06 bits per heavy atom. The first-order valence-corrected chi connectivity index (χ1v) is 14.7. The lowest BCUT2D eigenvalue weighted by Crippen LogP contribution is -2.55. The second-order valence-corrected chi connectivity index (χ2v) is 14.0. The van der Waals surface area contributed by atoms with Crippen LogP contribution in [0, 0.1) is 11.3 Å². The van der Waals surface area contributed by atoms with Crippen LogP contribution in [-0.2, 0) is 9.16 Å². The first-order valence-electron chi connectivity index (χ1n) is 11.9. The molecule has 0 spiro atoms. The Balaban J connectivity index is 2.00. The number of benzene rings is 1. The van der Waals surface area contributed by atoms with Gasteiger partial charge in [0, 0.05) is 13.0 Å². The van der Waals surface area contributed by atoms with E-state index in [1.807, 2.05) is 33.9 Å². The zero-order valence-electron chi connectivity index (χ0n) is 21.7. The minimum absolute atomic E-state index is 0.0242. The van der Waals surface area contributed by atoms with Crippen LogP contribution in [0.5, 0.6) is 0 Å². The van der Waals surface area contributed by atoms with Crippen LogP contribution in [0.1, 0.15) is 68.7 Å². The number of carbonyl (C=O) groups excluding carboxylic acids is 3. The fourth-order valence-electron chi connectivity index (χ4n) is 4.61. The molecule has 3 rings (SSSR count). The maximum Gasteiger partial charge on any atom is 0.412 e. The van der Waals surface area contributed by atoms with Gasteiger partial charge in [-0.3, -0.25) is 19.4 Å². The van der Waals surface area contributed by atoms with Crippen LogP contribution in [0.25, 0.3) is 0 Å². The van der Waals surface area contributed by atoms with Crippen molar-refractivity contribution in [1.82, 2.24) is 9.80 Å². The number of carbonyl (C=O) groups is 3. The molecule has 0 radical (unpaired) electrons. The molecule has 0 unspecified atom stereocenters. The molecule has 1 aromatic rings. The van der Waals surface area contributed by atoms with E-state index in [9.17, 15) is 14.4 Å². The third-order valence-electron chi connectivity index (χ3n) is 6.41. The van der Waals surface area contributed by atoms with Gasteiger partial charge in [-0.25, -0.2) is 4.79 Å². The van der Waals surface area contributed by atoms with E-state index in [1.165, 1.54) is 4.90 Å². The summed E-state index contributed by atoms with van der Waals surface area (Å²) in [6.45, 7) is 20.7. The molecule has 0 bridgehead atoms. The van der Waals surface area contributed by atoms with Gasteiger partial charge in [-0.2, -0.15) is 0 Å². The van der Waals surface area contributed by atoms with E-state index >= 15 is 0 Å². The lowest BCUT2D eigenvalue weighted by molar-refractivity contribution is -0.0475. The van der Waals surface area contributed by atoms with Gasteiger partial charge in [0.1, 0.15) is 5.60 Å². The van der Waals surface area contributed by atoms with Crippen LogP contribution in [-0.4, -0.2) is 61.2 Å². The number of rotatable bonds is 5. The third kappa shape index (κ3) is 4.98. The summed E-state index contributed by atoms with van der Waals surface area (Å²) in [4.78, 5) is 42.4.